The molecule has 0 aliphatic heterocycles. The molecule has 0 bridgehead atoms. The van der Waals surface area contributed by atoms with E-state index in [1.165, 1.54) is 12.4 Å². The first kappa shape index (κ1) is 13.9. The zero-order valence-electron chi connectivity index (χ0n) is 10.9. The number of aliphatic carboxylic acids is 1. The van der Waals surface area contributed by atoms with E-state index in [4.69, 9.17) is 0 Å². The van der Waals surface area contributed by atoms with Gasteiger partial charge in [-0.1, -0.05) is 30.3 Å². The Labute approximate surface area is 115 Å². The van der Waals surface area contributed by atoms with E-state index in [1.807, 2.05) is 6.07 Å². The summed E-state index contributed by atoms with van der Waals surface area (Å²) in [7, 11) is 0. The molecule has 0 aliphatic carbocycles. The van der Waals surface area contributed by atoms with Crippen LogP contribution in [0.1, 0.15) is 12.5 Å². The maximum absolute atomic E-state index is 13.4. The molecule has 0 radical (unpaired) electrons. The molecule has 0 saturated heterocycles. The number of nitrogens with zero attached hydrogens (tertiary/aromatic N) is 2. The highest BCUT2D eigenvalue weighted by Gasteiger charge is 2.35. The highest BCUT2D eigenvalue weighted by Crippen LogP contribution is 2.24. The third kappa shape index (κ3) is 2.74. The van der Waals surface area contributed by atoms with E-state index in [0.29, 0.717) is 5.56 Å². The van der Waals surface area contributed by atoms with Gasteiger partial charge in [0, 0.05) is 18.9 Å². The molecule has 2 rings (SSSR count). The summed E-state index contributed by atoms with van der Waals surface area (Å²) in [6.45, 7) is 1.58. The zero-order chi connectivity index (χ0) is 14.6. The molecule has 20 heavy (non-hydrogen) atoms. The van der Waals surface area contributed by atoms with E-state index >= 15 is 0 Å². The second-order valence-corrected chi connectivity index (χ2v) is 4.55. The zero-order valence-corrected chi connectivity index (χ0v) is 10.9. The molecule has 2 N–H and O–H groups in total. The molecular formula is C14H14FN3O2. The molecule has 1 atom stereocenters. The minimum Gasteiger partial charge on any atom is -0.481 e. The van der Waals surface area contributed by atoms with Crippen LogP contribution in [-0.2, 0) is 10.2 Å². The summed E-state index contributed by atoms with van der Waals surface area (Å²) in [5.41, 5.74) is -0.560. The van der Waals surface area contributed by atoms with Crippen molar-refractivity contribution < 1.29 is 14.3 Å². The van der Waals surface area contributed by atoms with Gasteiger partial charge in [0.25, 0.3) is 5.95 Å². The van der Waals surface area contributed by atoms with Crippen LogP contribution in [0.15, 0.2) is 42.7 Å². The van der Waals surface area contributed by atoms with Gasteiger partial charge >= 0.3 is 5.97 Å². The number of carbonyl (C=O) groups is 1. The first-order chi connectivity index (χ1) is 9.54. The van der Waals surface area contributed by atoms with Gasteiger partial charge in [0.15, 0.2) is 5.82 Å². The predicted octanol–water partition coefficient (Wildman–Crippen LogP) is 2.07. The van der Waals surface area contributed by atoms with Crippen molar-refractivity contribution in [3.63, 3.8) is 0 Å². The summed E-state index contributed by atoms with van der Waals surface area (Å²) >= 11 is 0. The number of hydrogen-bond acceptors (Lipinski definition) is 4. The van der Waals surface area contributed by atoms with Gasteiger partial charge < -0.3 is 10.4 Å². The van der Waals surface area contributed by atoms with E-state index in [0.717, 1.165) is 0 Å². The van der Waals surface area contributed by atoms with Crippen molar-refractivity contribution in [2.45, 2.75) is 12.3 Å². The molecule has 0 fully saturated rings. The third-order valence-corrected chi connectivity index (χ3v) is 3.15. The van der Waals surface area contributed by atoms with Crippen LogP contribution < -0.4 is 5.32 Å². The number of nitrogens with one attached hydrogen (secondary N) is 1. The fraction of sp³-hybridized carbons (Fsp3) is 0.214. The Hall–Kier alpha value is -2.50. The number of halogens is 1. The van der Waals surface area contributed by atoms with E-state index in [1.54, 1.807) is 31.2 Å². The second kappa shape index (κ2) is 5.64. The van der Waals surface area contributed by atoms with Gasteiger partial charge in [-0.3, -0.25) is 4.79 Å². The van der Waals surface area contributed by atoms with Crippen LogP contribution in [-0.4, -0.2) is 27.6 Å². The van der Waals surface area contributed by atoms with Crippen molar-refractivity contribution >= 4 is 11.8 Å². The molecule has 104 valence electrons. The Morgan fingerprint density at radius 3 is 2.55 bits per heavy atom. The molecule has 0 saturated carbocycles. The maximum Gasteiger partial charge on any atom is 0.315 e. The molecule has 0 amide bonds. The molecule has 6 heteroatoms. The summed E-state index contributed by atoms with van der Waals surface area (Å²) < 4.78 is 13.4. The molecule has 2 aromatic rings. The number of carboxylic acids is 1. The monoisotopic (exact) mass is 275 g/mol. The Morgan fingerprint density at radius 1 is 1.30 bits per heavy atom. The molecule has 1 unspecified atom stereocenters. The SMILES string of the molecule is CC(CNc1nccnc1F)(C(=O)O)c1ccccc1. The van der Waals surface area contributed by atoms with Crippen LogP contribution in [0.4, 0.5) is 10.2 Å². The summed E-state index contributed by atoms with van der Waals surface area (Å²) in [6.07, 6.45) is 2.57. The van der Waals surface area contributed by atoms with Crippen molar-refractivity contribution in [1.82, 2.24) is 9.97 Å². The first-order valence-electron chi connectivity index (χ1n) is 6.03. The van der Waals surface area contributed by atoms with Crippen LogP contribution in [0, 0.1) is 5.95 Å². The molecule has 1 aromatic heterocycles. The Kier molecular flexibility index (Phi) is 3.93. The number of carboxylic acid groups (broad SMARTS) is 1. The molecule has 0 spiro atoms. The number of hydrogen-bond donors (Lipinski definition) is 2. The number of anilines is 1. The summed E-state index contributed by atoms with van der Waals surface area (Å²) in [4.78, 5) is 18.8. The van der Waals surface area contributed by atoms with Crippen molar-refractivity contribution in [2.75, 3.05) is 11.9 Å². The van der Waals surface area contributed by atoms with E-state index in [9.17, 15) is 14.3 Å². The van der Waals surface area contributed by atoms with Crippen molar-refractivity contribution in [2.24, 2.45) is 0 Å². The van der Waals surface area contributed by atoms with Gasteiger partial charge in [-0.2, -0.15) is 4.39 Å². The van der Waals surface area contributed by atoms with Crippen molar-refractivity contribution in [3.05, 3.63) is 54.2 Å². The van der Waals surface area contributed by atoms with Gasteiger partial charge in [0.2, 0.25) is 0 Å². The van der Waals surface area contributed by atoms with Crippen LogP contribution >= 0.6 is 0 Å². The number of rotatable bonds is 5. The fourth-order valence-electron chi connectivity index (χ4n) is 1.81. The minimum atomic E-state index is -1.19. The molecular weight excluding hydrogens is 261 g/mol. The smallest absolute Gasteiger partial charge is 0.315 e. The summed E-state index contributed by atoms with van der Waals surface area (Å²) in [5, 5.41) is 12.2. The Morgan fingerprint density at radius 2 is 1.95 bits per heavy atom. The van der Waals surface area contributed by atoms with E-state index in [2.05, 4.69) is 15.3 Å². The van der Waals surface area contributed by atoms with Crippen LogP contribution in [0.25, 0.3) is 0 Å². The Balaban J connectivity index is 2.23. The third-order valence-electron chi connectivity index (χ3n) is 3.15. The average molecular weight is 275 g/mol. The summed E-state index contributed by atoms with van der Waals surface area (Å²) in [5.74, 6) is -1.82. The molecule has 0 aliphatic rings. The van der Waals surface area contributed by atoms with Gasteiger partial charge in [0.05, 0.1) is 0 Å². The number of benzene rings is 1. The molecule has 1 aromatic carbocycles. The van der Waals surface area contributed by atoms with Crippen molar-refractivity contribution in [3.8, 4) is 0 Å². The van der Waals surface area contributed by atoms with Gasteiger partial charge in [0.1, 0.15) is 5.41 Å². The highest BCUT2D eigenvalue weighted by molar-refractivity contribution is 5.81. The van der Waals surface area contributed by atoms with Crippen LogP contribution in [0.5, 0.6) is 0 Å². The highest BCUT2D eigenvalue weighted by atomic mass is 19.1. The fourth-order valence-corrected chi connectivity index (χ4v) is 1.81. The Bertz CT molecular complexity index is 606. The standard InChI is InChI=1S/C14H14FN3O2/c1-14(13(19)20,10-5-3-2-4-6-10)9-18-12-11(15)16-7-8-17-12/h2-8H,9H2,1H3,(H,17,18)(H,19,20). The average Bonchev–Trinajstić information content (AvgIpc) is 2.47. The molecule has 5 nitrogen and oxygen atoms in total. The van der Waals surface area contributed by atoms with E-state index < -0.39 is 17.3 Å². The lowest BCUT2D eigenvalue weighted by Gasteiger charge is -2.25. The second-order valence-electron chi connectivity index (χ2n) is 4.55. The minimum absolute atomic E-state index is 0.00194. The van der Waals surface area contributed by atoms with Gasteiger partial charge in [-0.25, -0.2) is 9.97 Å². The lowest BCUT2D eigenvalue weighted by atomic mass is 9.82. The summed E-state index contributed by atoms with van der Waals surface area (Å²) in [6, 6.07) is 8.78. The largest absolute Gasteiger partial charge is 0.481 e. The molecule has 1 heterocycles. The number of aromatic nitrogens is 2. The van der Waals surface area contributed by atoms with E-state index in [-0.39, 0.29) is 12.4 Å². The van der Waals surface area contributed by atoms with Gasteiger partial charge in [-0.05, 0) is 12.5 Å². The van der Waals surface area contributed by atoms with Crippen LogP contribution in [0.3, 0.4) is 0 Å². The van der Waals surface area contributed by atoms with Crippen molar-refractivity contribution in [1.29, 1.82) is 0 Å². The topological polar surface area (TPSA) is 75.1 Å². The predicted molar refractivity (Wildman–Crippen MR) is 71.9 cm³/mol. The quantitative estimate of drug-likeness (QED) is 0.873. The van der Waals surface area contributed by atoms with Crippen LogP contribution in [0.2, 0.25) is 0 Å². The lowest BCUT2D eigenvalue weighted by molar-refractivity contribution is -0.142. The lowest BCUT2D eigenvalue weighted by Crippen LogP contribution is -2.39. The van der Waals surface area contributed by atoms with Gasteiger partial charge in [-0.15, -0.1) is 0 Å². The first-order valence-corrected chi connectivity index (χ1v) is 6.03. The normalized spacial score (nSPS) is 13.5. The maximum atomic E-state index is 13.4.